The van der Waals surface area contributed by atoms with Gasteiger partial charge in [-0.3, -0.25) is 4.98 Å². The van der Waals surface area contributed by atoms with Crippen LogP contribution in [0.4, 0.5) is 13.2 Å². The molecule has 0 unspecified atom stereocenters. The lowest BCUT2D eigenvalue weighted by Crippen LogP contribution is -2.22. The van der Waals surface area contributed by atoms with Gasteiger partial charge < -0.3 is 4.74 Å². The molecular formula is C19H13F3N4O2. The average molecular weight is 386 g/mol. The molecule has 0 radical (unpaired) electrons. The second kappa shape index (κ2) is 6.84. The quantitative estimate of drug-likeness (QED) is 0.539. The molecule has 28 heavy (non-hydrogen) atoms. The van der Waals surface area contributed by atoms with Crippen molar-refractivity contribution in [2.24, 2.45) is 0 Å². The predicted molar refractivity (Wildman–Crippen MR) is 94.9 cm³/mol. The van der Waals surface area contributed by atoms with Gasteiger partial charge in [0.2, 0.25) is 0 Å². The number of aromatic nitrogens is 4. The molecule has 0 atom stereocenters. The van der Waals surface area contributed by atoms with Crippen LogP contribution in [0.2, 0.25) is 0 Å². The van der Waals surface area contributed by atoms with Gasteiger partial charge in [-0.15, -0.1) is 18.3 Å². The molecule has 0 aliphatic rings. The van der Waals surface area contributed by atoms with Gasteiger partial charge in [-0.25, -0.2) is 13.9 Å². The fraction of sp³-hybridized carbons (Fsp3) is 0.105. The molecular weight excluding hydrogens is 373 g/mol. The highest BCUT2D eigenvalue weighted by molar-refractivity contribution is 5.65. The molecule has 0 fully saturated rings. The number of ether oxygens (including phenoxy) is 1. The molecule has 0 saturated heterocycles. The molecule has 4 aromatic rings. The minimum Gasteiger partial charge on any atom is -0.406 e. The number of benzene rings is 1. The van der Waals surface area contributed by atoms with Crippen molar-refractivity contribution >= 4 is 5.65 Å². The van der Waals surface area contributed by atoms with Gasteiger partial charge in [0.1, 0.15) is 5.75 Å². The third kappa shape index (κ3) is 3.73. The minimum atomic E-state index is -4.74. The Morgan fingerprint density at radius 2 is 1.71 bits per heavy atom. The lowest BCUT2D eigenvalue weighted by molar-refractivity contribution is -0.274. The summed E-state index contributed by atoms with van der Waals surface area (Å²) in [6.07, 6.45) is -1.50. The first kappa shape index (κ1) is 17.8. The summed E-state index contributed by atoms with van der Waals surface area (Å²) in [5.41, 5.74) is 2.13. The molecule has 0 aliphatic carbocycles. The van der Waals surface area contributed by atoms with Crippen LogP contribution >= 0.6 is 0 Å². The highest BCUT2D eigenvalue weighted by Gasteiger charge is 2.30. The Morgan fingerprint density at radius 1 is 0.964 bits per heavy atom. The van der Waals surface area contributed by atoms with Crippen molar-refractivity contribution in [3.05, 3.63) is 83.2 Å². The van der Waals surface area contributed by atoms with Gasteiger partial charge in [-0.1, -0.05) is 18.2 Å². The second-order valence-electron chi connectivity index (χ2n) is 5.98. The van der Waals surface area contributed by atoms with Crippen LogP contribution in [0, 0.1) is 0 Å². The molecule has 9 heteroatoms. The first-order chi connectivity index (χ1) is 13.4. The van der Waals surface area contributed by atoms with Gasteiger partial charge in [0.25, 0.3) is 0 Å². The van der Waals surface area contributed by atoms with Crippen LogP contribution < -0.4 is 10.4 Å². The standard InChI is InChI=1S/C19H13F3N4O2/c20-19(21,22)28-16-7-4-13(5-8-16)14-6-9-17-24-26(18(27)25(17)11-14)12-15-3-1-2-10-23-15/h1-11H,12H2. The maximum absolute atomic E-state index is 12.6. The molecule has 3 heterocycles. The Hall–Kier alpha value is -3.62. The van der Waals surface area contributed by atoms with Gasteiger partial charge >= 0.3 is 12.1 Å². The lowest BCUT2D eigenvalue weighted by atomic mass is 10.1. The van der Waals surface area contributed by atoms with Gasteiger partial charge in [0.15, 0.2) is 5.65 Å². The number of alkyl halides is 3. The van der Waals surface area contributed by atoms with E-state index in [1.807, 2.05) is 6.07 Å². The number of halogens is 3. The maximum atomic E-state index is 12.6. The molecule has 4 rings (SSSR count). The van der Waals surface area contributed by atoms with Crippen molar-refractivity contribution in [2.45, 2.75) is 12.9 Å². The number of pyridine rings is 2. The zero-order valence-corrected chi connectivity index (χ0v) is 14.3. The van der Waals surface area contributed by atoms with Crippen LogP contribution in [0.5, 0.6) is 5.75 Å². The van der Waals surface area contributed by atoms with Crippen molar-refractivity contribution in [3.63, 3.8) is 0 Å². The zero-order chi connectivity index (χ0) is 19.7. The predicted octanol–water partition coefficient (Wildman–Crippen LogP) is 3.50. The SMILES string of the molecule is O=c1n(Cc2ccccn2)nc2ccc(-c3ccc(OC(F)(F)F)cc3)cn12. The monoisotopic (exact) mass is 386 g/mol. The van der Waals surface area contributed by atoms with Crippen molar-refractivity contribution in [1.82, 2.24) is 19.2 Å². The zero-order valence-electron chi connectivity index (χ0n) is 14.3. The Balaban J connectivity index is 1.64. The van der Waals surface area contributed by atoms with Gasteiger partial charge in [0.05, 0.1) is 12.2 Å². The largest absolute Gasteiger partial charge is 0.573 e. The van der Waals surface area contributed by atoms with Gasteiger partial charge in [-0.2, -0.15) is 0 Å². The van der Waals surface area contributed by atoms with E-state index >= 15 is 0 Å². The van der Waals surface area contributed by atoms with Crippen LogP contribution in [0.1, 0.15) is 5.69 Å². The Morgan fingerprint density at radius 3 is 2.39 bits per heavy atom. The number of fused-ring (bicyclic) bond motifs is 1. The summed E-state index contributed by atoms with van der Waals surface area (Å²) in [6, 6.07) is 14.3. The van der Waals surface area contributed by atoms with Crippen molar-refractivity contribution in [3.8, 4) is 16.9 Å². The van der Waals surface area contributed by atoms with Crippen LogP contribution in [-0.4, -0.2) is 25.5 Å². The number of rotatable bonds is 4. The van der Waals surface area contributed by atoms with Crippen LogP contribution in [0.3, 0.4) is 0 Å². The molecule has 1 aromatic carbocycles. The molecule has 0 bridgehead atoms. The molecule has 0 N–H and O–H groups in total. The number of hydrogen-bond donors (Lipinski definition) is 0. The minimum absolute atomic E-state index is 0.236. The van der Waals surface area contributed by atoms with Gasteiger partial charge in [-0.05, 0) is 47.5 Å². The highest BCUT2D eigenvalue weighted by atomic mass is 19.4. The fourth-order valence-electron chi connectivity index (χ4n) is 2.79. The second-order valence-corrected chi connectivity index (χ2v) is 5.98. The molecule has 0 spiro atoms. The van der Waals surface area contributed by atoms with Crippen molar-refractivity contribution in [1.29, 1.82) is 0 Å². The lowest BCUT2D eigenvalue weighted by Gasteiger charge is -2.09. The Labute approximate surface area is 156 Å². The molecule has 0 amide bonds. The third-order valence-corrected chi connectivity index (χ3v) is 4.04. The summed E-state index contributed by atoms with van der Waals surface area (Å²) >= 11 is 0. The van der Waals surface area contributed by atoms with E-state index in [0.717, 1.165) is 0 Å². The highest BCUT2D eigenvalue weighted by Crippen LogP contribution is 2.26. The first-order valence-electron chi connectivity index (χ1n) is 8.24. The van der Waals surface area contributed by atoms with E-state index in [1.165, 1.54) is 33.3 Å². The number of hydrogen-bond acceptors (Lipinski definition) is 4. The number of nitrogens with zero attached hydrogens (tertiary/aromatic N) is 4. The van der Waals surface area contributed by atoms with E-state index in [9.17, 15) is 18.0 Å². The van der Waals surface area contributed by atoms with Crippen molar-refractivity contribution < 1.29 is 17.9 Å². The van der Waals surface area contributed by atoms with E-state index < -0.39 is 6.36 Å². The van der Waals surface area contributed by atoms with Crippen LogP contribution in [0.15, 0.2) is 71.8 Å². The van der Waals surface area contributed by atoms with E-state index in [4.69, 9.17) is 0 Å². The summed E-state index contributed by atoms with van der Waals surface area (Å²) in [4.78, 5) is 16.8. The Bertz CT molecular complexity index is 1170. The topological polar surface area (TPSA) is 61.4 Å². The summed E-state index contributed by atoms with van der Waals surface area (Å²) in [5.74, 6) is -0.308. The normalized spacial score (nSPS) is 11.7. The molecule has 6 nitrogen and oxygen atoms in total. The van der Waals surface area contributed by atoms with Crippen LogP contribution in [-0.2, 0) is 6.54 Å². The maximum Gasteiger partial charge on any atom is 0.573 e. The van der Waals surface area contributed by atoms with E-state index in [-0.39, 0.29) is 18.0 Å². The van der Waals surface area contributed by atoms with E-state index in [0.29, 0.717) is 22.5 Å². The van der Waals surface area contributed by atoms with Gasteiger partial charge in [0, 0.05) is 12.4 Å². The van der Waals surface area contributed by atoms with E-state index in [2.05, 4.69) is 14.8 Å². The molecule has 142 valence electrons. The Kier molecular flexibility index (Phi) is 4.34. The molecule has 0 aliphatic heterocycles. The summed E-state index contributed by atoms with van der Waals surface area (Å²) in [5, 5.41) is 4.28. The van der Waals surface area contributed by atoms with Crippen molar-refractivity contribution in [2.75, 3.05) is 0 Å². The summed E-state index contributed by atoms with van der Waals surface area (Å²) in [6.45, 7) is 0.236. The smallest absolute Gasteiger partial charge is 0.406 e. The summed E-state index contributed by atoms with van der Waals surface area (Å²) in [7, 11) is 0. The first-order valence-corrected chi connectivity index (χ1v) is 8.24. The molecule has 3 aromatic heterocycles. The van der Waals surface area contributed by atoms with E-state index in [1.54, 1.807) is 36.7 Å². The fourth-order valence-corrected chi connectivity index (χ4v) is 2.79. The third-order valence-electron chi connectivity index (χ3n) is 4.04. The average Bonchev–Trinajstić information content (AvgIpc) is 2.97. The summed E-state index contributed by atoms with van der Waals surface area (Å²) < 4.78 is 43.4. The van der Waals surface area contributed by atoms with Crippen LogP contribution in [0.25, 0.3) is 16.8 Å². The molecule has 0 saturated carbocycles.